The predicted octanol–water partition coefficient (Wildman–Crippen LogP) is 4.14. The average molecular weight is 305 g/mol. The predicted molar refractivity (Wildman–Crippen MR) is 84.7 cm³/mol. The fourth-order valence-corrected chi connectivity index (χ4v) is 3.85. The summed E-state index contributed by atoms with van der Waals surface area (Å²) in [6.45, 7) is 7.08. The Kier molecular flexibility index (Phi) is 12.4. The van der Waals surface area contributed by atoms with Crippen molar-refractivity contribution in [2.45, 2.75) is 65.2 Å². The van der Waals surface area contributed by atoms with E-state index in [9.17, 15) is 0 Å². The summed E-state index contributed by atoms with van der Waals surface area (Å²) in [5.41, 5.74) is 0. The van der Waals surface area contributed by atoms with Crippen LogP contribution in [0.25, 0.3) is 0 Å². The minimum absolute atomic E-state index is 0.370. The molecule has 0 aromatic rings. The minimum Gasteiger partial charge on any atom is -0.377 e. The summed E-state index contributed by atoms with van der Waals surface area (Å²) in [5.74, 6) is 0. The Labute approximate surface area is 125 Å². The lowest BCUT2D eigenvalue weighted by molar-refractivity contribution is -0.0862. The Bertz CT molecular complexity index is 242. The van der Waals surface area contributed by atoms with Crippen molar-refractivity contribution >= 4 is 8.80 Å². The molecular formula is C15H32O4Si. The van der Waals surface area contributed by atoms with E-state index in [2.05, 4.69) is 26.8 Å². The van der Waals surface area contributed by atoms with E-state index in [4.69, 9.17) is 18.0 Å². The van der Waals surface area contributed by atoms with E-state index in [0.29, 0.717) is 6.61 Å². The van der Waals surface area contributed by atoms with Crippen LogP contribution in [0.5, 0.6) is 0 Å². The molecule has 0 aliphatic carbocycles. The van der Waals surface area contributed by atoms with E-state index in [1.54, 1.807) is 14.2 Å². The maximum absolute atomic E-state index is 6.04. The largest absolute Gasteiger partial charge is 0.502 e. The molecule has 0 N–H and O–H groups in total. The number of allylic oxidation sites excluding steroid dienone is 1. The zero-order valence-corrected chi connectivity index (χ0v) is 14.8. The van der Waals surface area contributed by atoms with E-state index in [0.717, 1.165) is 25.3 Å². The van der Waals surface area contributed by atoms with Gasteiger partial charge in [0.05, 0.1) is 6.61 Å². The van der Waals surface area contributed by atoms with Crippen LogP contribution < -0.4 is 0 Å². The molecule has 0 aliphatic heterocycles. The number of rotatable bonds is 13. The zero-order valence-electron chi connectivity index (χ0n) is 13.8. The third-order valence-corrected chi connectivity index (χ3v) is 5.98. The Morgan fingerprint density at radius 3 is 2.20 bits per heavy atom. The van der Waals surface area contributed by atoms with Crippen molar-refractivity contribution in [1.29, 1.82) is 0 Å². The van der Waals surface area contributed by atoms with E-state index in [1.165, 1.54) is 12.8 Å². The Morgan fingerprint density at radius 1 is 1.00 bits per heavy atom. The third kappa shape index (κ3) is 8.17. The maximum Gasteiger partial charge on any atom is 0.502 e. The van der Waals surface area contributed by atoms with Crippen LogP contribution in [0.3, 0.4) is 0 Å². The number of ether oxygens (including phenoxy) is 1. The zero-order chi connectivity index (χ0) is 15.3. The first kappa shape index (κ1) is 19.8. The molecule has 1 unspecified atom stereocenters. The second-order valence-corrected chi connectivity index (χ2v) is 7.66. The first-order valence-corrected chi connectivity index (χ1v) is 9.67. The summed E-state index contributed by atoms with van der Waals surface area (Å²) in [7, 11) is 0.710. The molecule has 5 heteroatoms. The highest BCUT2D eigenvalue weighted by atomic mass is 28.4. The second kappa shape index (κ2) is 12.5. The van der Waals surface area contributed by atoms with Crippen LogP contribution in [-0.2, 0) is 18.0 Å². The summed E-state index contributed by atoms with van der Waals surface area (Å²) in [6.07, 6.45) is 8.99. The van der Waals surface area contributed by atoms with Gasteiger partial charge in [-0.2, -0.15) is 0 Å². The second-order valence-electron chi connectivity index (χ2n) is 4.74. The summed E-state index contributed by atoms with van der Waals surface area (Å²) < 4.78 is 23.0. The van der Waals surface area contributed by atoms with Crippen LogP contribution in [0.4, 0.5) is 0 Å². The van der Waals surface area contributed by atoms with Crippen LogP contribution in [0.15, 0.2) is 12.2 Å². The van der Waals surface area contributed by atoms with Crippen LogP contribution in [0.1, 0.15) is 52.9 Å². The van der Waals surface area contributed by atoms with Crippen LogP contribution >= 0.6 is 0 Å². The van der Waals surface area contributed by atoms with Crippen LogP contribution in [0, 0.1) is 0 Å². The lowest BCUT2D eigenvalue weighted by Gasteiger charge is -2.29. The number of hydrogen-bond donors (Lipinski definition) is 0. The van der Waals surface area contributed by atoms with E-state index >= 15 is 0 Å². The van der Waals surface area contributed by atoms with Crippen molar-refractivity contribution in [3.63, 3.8) is 0 Å². The summed E-state index contributed by atoms with van der Waals surface area (Å²) >= 11 is 0. The number of hydrogen-bond acceptors (Lipinski definition) is 4. The van der Waals surface area contributed by atoms with Gasteiger partial charge in [-0.15, -0.1) is 0 Å². The molecule has 0 amide bonds. The lowest BCUT2D eigenvalue weighted by Crippen LogP contribution is -2.46. The lowest BCUT2D eigenvalue weighted by atomic mass is 10.3. The van der Waals surface area contributed by atoms with Gasteiger partial charge in [-0.25, -0.2) is 0 Å². The quantitative estimate of drug-likeness (QED) is 0.222. The van der Waals surface area contributed by atoms with Gasteiger partial charge in [0.2, 0.25) is 0 Å². The Hall–Kier alpha value is -0.203. The molecule has 0 heterocycles. The molecule has 0 rings (SSSR count). The highest BCUT2D eigenvalue weighted by Crippen LogP contribution is 2.19. The topological polar surface area (TPSA) is 36.9 Å². The van der Waals surface area contributed by atoms with E-state index in [1.807, 2.05) is 6.08 Å². The van der Waals surface area contributed by atoms with Gasteiger partial charge in [-0.1, -0.05) is 46.1 Å². The van der Waals surface area contributed by atoms with E-state index < -0.39 is 8.80 Å². The molecule has 0 saturated heterocycles. The third-order valence-electron chi connectivity index (χ3n) is 3.03. The van der Waals surface area contributed by atoms with Gasteiger partial charge in [0.25, 0.3) is 0 Å². The molecule has 4 nitrogen and oxygen atoms in total. The molecule has 20 heavy (non-hydrogen) atoms. The molecule has 0 bridgehead atoms. The van der Waals surface area contributed by atoms with Crippen molar-refractivity contribution in [3.8, 4) is 0 Å². The molecular weight excluding hydrogens is 272 g/mol. The fraction of sp³-hybridized carbons (Fsp3) is 0.867. The highest BCUT2D eigenvalue weighted by molar-refractivity contribution is 6.60. The van der Waals surface area contributed by atoms with E-state index in [-0.39, 0.29) is 6.29 Å². The van der Waals surface area contributed by atoms with Crippen molar-refractivity contribution in [2.24, 2.45) is 0 Å². The average Bonchev–Trinajstić information content (AvgIpc) is 2.48. The van der Waals surface area contributed by atoms with Crippen molar-refractivity contribution in [2.75, 3.05) is 20.8 Å². The molecule has 1 atom stereocenters. The summed E-state index contributed by atoms with van der Waals surface area (Å²) in [5, 5.41) is 0. The SMILES string of the molecule is CCC=CC(OCCCCC)O[Si](CCC)(OC)OC. The van der Waals surface area contributed by atoms with Gasteiger partial charge in [-0.3, -0.25) is 0 Å². The van der Waals surface area contributed by atoms with Gasteiger partial charge in [0.1, 0.15) is 0 Å². The van der Waals surface area contributed by atoms with Gasteiger partial charge in [-0.05, 0) is 18.9 Å². The Morgan fingerprint density at radius 2 is 1.70 bits per heavy atom. The summed E-state index contributed by atoms with van der Waals surface area (Å²) in [6, 6.07) is 0.800. The normalized spacial score (nSPS) is 14.1. The molecule has 0 aromatic heterocycles. The van der Waals surface area contributed by atoms with Crippen molar-refractivity contribution < 1.29 is 18.0 Å². The van der Waals surface area contributed by atoms with Gasteiger partial charge in [0, 0.05) is 20.3 Å². The fourth-order valence-electron chi connectivity index (χ4n) is 1.85. The Balaban J connectivity index is 4.53. The number of unbranched alkanes of at least 4 members (excludes halogenated alkanes) is 2. The smallest absolute Gasteiger partial charge is 0.377 e. The van der Waals surface area contributed by atoms with Gasteiger partial charge < -0.3 is 18.0 Å². The van der Waals surface area contributed by atoms with Crippen LogP contribution in [-0.4, -0.2) is 35.9 Å². The van der Waals surface area contributed by atoms with Crippen molar-refractivity contribution in [3.05, 3.63) is 12.2 Å². The summed E-state index contributed by atoms with van der Waals surface area (Å²) in [4.78, 5) is 0. The molecule has 0 aliphatic rings. The van der Waals surface area contributed by atoms with Gasteiger partial charge >= 0.3 is 8.80 Å². The van der Waals surface area contributed by atoms with Gasteiger partial charge in [0.15, 0.2) is 6.29 Å². The highest BCUT2D eigenvalue weighted by Gasteiger charge is 2.40. The molecule has 0 spiro atoms. The molecule has 0 radical (unpaired) electrons. The van der Waals surface area contributed by atoms with Crippen molar-refractivity contribution in [1.82, 2.24) is 0 Å². The minimum atomic E-state index is -2.60. The molecule has 0 saturated carbocycles. The first-order chi connectivity index (χ1) is 9.67. The van der Waals surface area contributed by atoms with Crippen LogP contribution in [0.2, 0.25) is 6.04 Å². The molecule has 0 fully saturated rings. The maximum atomic E-state index is 6.04. The standard InChI is InChI=1S/C15H32O4Si/c1-6-9-11-13-18-15(12-10-7-2)19-20(16-4,17-5)14-8-3/h10,12,15H,6-9,11,13-14H2,1-5H3. The first-order valence-electron chi connectivity index (χ1n) is 7.74. The molecule has 0 aromatic carbocycles. The monoisotopic (exact) mass is 304 g/mol. The molecule has 120 valence electrons.